The first-order valence-corrected chi connectivity index (χ1v) is 11.9. The molecule has 0 aliphatic heterocycles. The van der Waals surface area contributed by atoms with Crippen LogP contribution >= 0.6 is 0 Å². The van der Waals surface area contributed by atoms with Crippen molar-refractivity contribution >= 4 is 20.1 Å². The van der Waals surface area contributed by atoms with Gasteiger partial charge in [0.2, 0.25) is 0 Å². The maximum Gasteiger partial charge on any atom is 0.316 e. The van der Waals surface area contributed by atoms with E-state index in [1.165, 1.54) is 0 Å². The molecule has 0 bridgehead atoms. The van der Waals surface area contributed by atoms with Crippen LogP contribution in [0.2, 0.25) is 18.1 Å². The van der Waals surface area contributed by atoms with Gasteiger partial charge in [0.1, 0.15) is 11.7 Å². The number of aliphatic hydroxyl groups excluding tert-OH is 1. The number of Topliss-reactive ketones (excluding diaryl/α,β-unsaturated/α-hetero) is 1. The summed E-state index contributed by atoms with van der Waals surface area (Å²) in [6.45, 7) is 13.4. The van der Waals surface area contributed by atoms with Gasteiger partial charge in [-0.1, -0.05) is 20.8 Å². The maximum atomic E-state index is 12.3. The molecule has 0 saturated heterocycles. The molecule has 6 heteroatoms. The standard InChI is InChI=1S/C18H32O5Si/c1-7-22-17(21)16-12-9-14(19)13(11(12)8-15(16)20)10-23-24(5,6)18(2,3)4/h11-14,16,19H,7-10H2,1-6H3/t11-,12?,13+,14+,16-/m0/s1. The smallest absolute Gasteiger partial charge is 0.316 e. The number of hydrogen-bond donors (Lipinski definition) is 1. The van der Waals surface area contributed by atoms with Crippen LogP contribution in [0.1, 0.15) is 40.5 Å². The lowest BCUT2D eigenvalue weighted by atomic mass is 9.89. The Labute approximate surface area is 146 Å². The number of hydrogen-bond acceptors (Lipinski definition) is 5. The number of aliphatic hydroxyl groups is 1. The van der Waals surface area contributed by atoms with Gasteiger partial charge in [-0.2, -0.15) is 0 Å². The second kappa shape index (κ2) is 6.88. The lowest BCUT2D eigenvalue weighted by Crippen LogP contribution is -2.43. The first-order valence-electron chi connectivity index (χ1n) is 9.01. The molecule has 2 fully saturated rings. The maximum absolute atomic E-state index is 12.3. The number of esters is 1. The minimum absolute atomic E-state index is 0.0340. The van der Waals surface area contributed by atoms with Crippen LogP contribution in [0.5, 0.6) is 0 Å². The largest absolute Gasteiger partial charge is 0.465 e. The van der Waals surface area contributed by atoms with Gasteiger partial charge in [0.05, 0.1) is 12.7 Å². The average Bonchev–Trinajstić information content (AvgIpc) is 2.89. The van der Waals surface area contributed by atoms with Crippen LogP contribution in [0, 0.1) is 23.7 Å². The summed E-state index contributed by atoms with van der Waals surface area (Å²) < 4.78 is 11.4. The molecule has 2 aliphatic carbocycles. The fraction of sp³-hybridized carbons (Fsp3) is 0.889. The van der Waals surface area contributed by atoms with E-state index in [1.807, 2.05) is 0 Å². The van der Waals surface area contributed by atoms with E-state index in [4.69, 9.17) is 9.16 Å². The summed E-state index contributed by atoms with van der Waals surface area (Å²) >= 11 is 0. The second-order valence-electron chi connectivity index (χ2n) is 8.77. The van der Waals surface area contributed by atoms with Crippen molar-refractivity contribution in [3.05, 3.63) is 0 Å². The number of rotatable bonds is 5. The predicted octanol–water partition coefficient (Wildman–Crippen LogP) is 2.77. The minimum atomic E-state index is -1.90. The van der Waals surface area contributed by atoms with E-state index in [2.05, 4.69) is 33.9 Å². The Balaban J connectivity index is 2.07. The van der Waals surface area contributed by atoms with Crippen molar-refractivity contribution in [1.29, 1.82) is 0 Å². The van der Waals surface area contributed by atoms with E-state index in [1.54, 1.807) is 6.92 Å². The average molecular weight is 357 g/mol. The highest BCUT2D eigenvalue weighted by Gasteiger charge is 2.56. The van der Waals surface area contributed by atoms with E-state index in [9.17, 15) is 14.7 Å². The molecule has 0 amide bonds. The van der Waals surface area contributed by atoms with E-state index < -0.39 is 26.3 Å². The summed E-state index contributed by atoms with van der Waals surface area (Å²) in [6, 6.07) is 0. The van der Waals surface area contributed by atoms with Gasteiger partial charge in [0, 0.05) is 18.9 Å². The topological polar surface area (TPSA) is 72.8 Å². The van der Waals surface area contributed by atoms with E-state index in [0.29, 0.717) is 19.4 Å². The normalized spacial score (nSPS) is 33.6. The Bertz CT molecular complexity index is 496. The van der Waals surface area contributed by atoms with E-state index in [0.717, 1.165) is 0 Å². The SMILES string of the molecule is CCOC(=O)[C@@H]1C(=O)C[C@H]2C1C[C@@H](O)[C@@H]2CO[Si](C)(C)C(C)(C)C. The molecule has 0 aromatic carbocycles. The quantitative estimate of drug-likeness (QED) is 0.466. The molecule has 0 radical (unpaired) electrons. The van der Waals surface area contributed by atoms with Gasteiger partial charge in [-0.25, -0.2) is 0 Å². The van der Waals surface area contributed by atoms with Crippen molar-refractivity contribution in [3.63, 3.8) is 0 Å². The third-order valence-corrected chi connectivity index (χ3v) is 10.8. The lowest BCUT2D eigenvalue weighted by molar-refractivity contribution is -0.152. The highest BCUT2D eigenvalue weighted by Crippen LogP contribution is 2.50. The van der Waals surface area contributed by atoms with Gasteiger partial charge >= 0.3 is 5.97 Å². The zero-order valence-electron chi connectivity index (χ0n) is 15.8. The first kappa shape index (κ1) is 19.6. The molecule has 0 heterocycles. The molecule has 2 aliphatic rings. The van der Waals surface area contributed by atoms with Crippen LogP contribution in [0.3, 0.4) is 0 Å². The molecular weight excluding hydrogens is 324 g/mol. The summed E-state index contributed by atoms with van der Waals surface area (Å²) in [7, 11) is -1.90. The number of carbonyl (C=O) groups excluding carboxylic acids is 2. The Morgan fingerprint density at radius 3 is 2.46 bits per heavy atom. The van der Waals surface area contributed by atoms with E-state index in [-0.39, 0.29) is 35.2 Å². The highest BCUT2D eigenvalue weighted by molar-refractivity contribution is 6.74. The van der Waals surface area contributed by atoms with Gasteiger partial charge in [-0.05, 0) is 43.3 Å². The summed E-state index contributed by atoms with van der Waals surface area (Å²) in [5.74, 6) is -1.28. The van der Waals surface area contributed by atoms with Crippen molar-refractivity contribution in [2.45, 2.75) is 64.8 Å². The molecular formula is C18H32O5Si. The molecule has 2 rings (SSSR count). The minimum Gasteiger partial charge on any atom is -0.465 e. The first-order chi connectivity index (χ1) is 11.0. The Morgan fingerprint density at radius 1 is 1.29 bits per heavy atom. The van der Waals surface area contributed by atoms with Crippen LogP contribution in [0.15, 0.2) is 0 Å². The summed E-state index contributed by atoms with van der Waals surface area (Å²) in [6.07, 6.45) is 0.345. The van der Waals surface area contributed by atoms with Crippen molar-refractivity contribution in [2.24, 2.45) is 23.7 Å². The van der Waals surface area contributed by atoms with E-state index >= 15 is 0 Å². The Morgan fingerprint density at radius 2 is 1.92 bits per heavy atom. The third-order valence-electron chi connectivity index (χ3n) is 6.30. The molecule has 5 nitrogen and oxygen atoms in total. The molecule has 1 unspecified atom stereocenters. The Kier molecular flexibility index (Phi) is 5.62. The number of ketones is 1. The second-order valence-corrected chi connectivity index (χ2v) is 13.6. The Hall–Kier alpha value is -0.723. The number of ether oxygens (including phenoxy) is 1. The van der Waals surface area contributed by atoms with Gasteiger partial charge in [0.25, 0.3) is 0 Å². The van der Waals surface area contributed by atoms with Gasteiger partial charge < -0.3 is 14.3 Å². The van der Waals surface area contributed by atoms with Crippen molar-refractivity contribution in [1.82, 2.24) is 0 Å². The van der Waals surface area contributed by atoms with Crippen LogP contribution in [0.25, 0.3) is 0 Å². The monoisotopic (exact) mass is 356 g/mol. The van der Waals surface area contributed by atoms with Gasteiger partial charge in [-0.15, -0.1) is 0 Å². The number of carbonyl (C=O) groups is 2. The van der Waals surface area contributed by atoms with Crippen LogP contribution < -0.4 is 0 Å². The van der Waals surface area contributed by atoms with Crippen LogP contribution in [-0.2, 0) is 18.8 Å². The molecule has 2 saturated carbocycles. The third kappa shape index (κ3) is 3.60. The molecule has 0 aromatic heterocycles. The molecule has 24 heavy (non-hydrogen) atoms. The molecule has 5 atom stereocenters. The zero-order valence-corrected chi connectivity index (χ0v) is 16.8. The highest BCUT2D eigenvalue weighted by atomic mass is 28.4. The molecule has 1 N–H and O–H groups in total. The van der Waals surface area contributed by atoms with Crippen LogP contribution in [0.4, 0.5) is 0 Å². The molecule has 0 aromatic rings. The zero-order chi connectivity index (χ0) is 18.3. The lowest BCUT2D eigenvalue weighted by Gasteiger charge is -2.37. The van der Waals surface area contributed by atoms with Gasteiger partial charge in [-0.3, -0.25) is 9.59 Å². The molecule has 0 spiro atoms. The van der Waals surface area contributed by atoms with Crippen LogP contribution in [-0.4, -0.2) is 44.5 Å². The summed E-state index contributed by atoms with van der Waals surface area (Å²) in [5, 5.41) is 10.6. The summed E-state index contributed by atoms with van der Waals surface area (Å²) in [4.78, 5) is 24.4. The van der Waals surface area contributed by atoms with Gasteiger partial charge in [0.15, 0.2) is 8.32 Å². The fourth-order valence-electron chi connectivity index (χ4n) is 3.81. The molecule has 138 valence electrons. The van der Waals surface area contributed by atoms with Crippen molar-refractivity contribution in [3.8, 4) is 0 Å². The predicted molar refractivity (Wildman–Crippen MR) is 94.0 cm³/mol. The number of fused-ring (bicyclic) bond motifs is 1. The fourth-order valence-corrected chi connectivity index (χ4v) is 4.85. The van der Waals surface area contributed by atoms with Crippen molar-refractivity contribution in [2.75, 3.05) is 13.2 Å². The van der Waals surface area contributed by atoms with Crippen molar-refractivity contribution < 1.29 is 23.9 Å². The summed E-state index contributed by atoms with van der Waals surface area (Å²) in [5.41, 5.74) is 0.